The zero-order chi connectivity index (χ0) is 26.8. The van der Waals surface area contributed by atoms with Crippen LogP contribution in [0.1, 0.15) is 19.4 Å². The smallest absolute Gasteiger partial charge is 0.261 e. The molecule has 36 heavy (non-hydrogen) atoms. The molecule has 1 aliphatic rings. The third-order valence-corrected chi connectivity index (χ3v) is 8.33. The number of sulfonamides is 2. The summed E-state index contributed by atoms with van der Waals surface area (Å²) in [4.78, 5) is 18.7. The number of ether oxygens (including phenoxy) is 1. The van der Waals surface area contributed by atoms with Crippen LogP contribution in [-0.4, -0.2) is 91.8 Å². The van der Waals surface area contributed by atoms with Crippen LogP contribution < -0.4 is 9.46 Å². The number of aliphatic hydroxyl groups excluding tert-OH is 1. The van der Waals surface area contributed by atoms with Gasteiger partial charge in [0.05, 0.1) is 38.2 Å². The van der Waals surface area contributed by atoms with E-state index in [2.05, 4.69) is 9.71 Å². The van der Waals surface area contributed by atoms with E-state index in [0.717, 1.165) is 10.6 Å². The SMILES string of the molecule is C[C@@H]1CN([C@@H](C)CO)C(=O)Cc2cc(NS(C)(=O)=O)ccc2O[C@@H]1CN(C)S(=O)(=O)c1cn(C)cn1. The molecule has 0 bridgehead atoms. The van der Waals surface area contributed by atoms with Crippen molar-refractivity contribution in [1.82, 2.24) is 18.8 Å². The lowest BCUT2D eigenvalue weighted by atomic mass is 10.0. The predicted octanol–water partition coefficient (Wildman–Crippen LogP) is 0.261. The van der Waals surface area contributed by atoms with E-state index in [-0.39, 0.29) is 48.7 Å². The largest absolute Gasteiger partial charge is 0.488 e. The van der Waals surface area contributed by atoms with E-state index in [1.807, 2.05) is 6.92 Å². The molecule has 3 rings (SSSR count). The molecular formula is C22H33N5O7S2. The van der Waals surface area contributed by atoms with Gasteiger partial charge in [-0.25, -0.2) is 21.8 Å². The van der Waals surface area contributed by atoms with Crippen LogP contribution in [0.2, 0.25) is 0 Å². The molecule has 2 heterocycles. The van der Waals surface area contributed by atoms with Crippen molar-refractivity contribution in [1.29, 1.82) is 0 Å². The topological polar surface area (TPSA) is 151 Å². The molecule has 3 atom stereocenters. The number of rotatable bonds is 8. The fourth-order valence-corrected chi connectivity index (χ4v) is 5.66. The number of aliphatic hydroxyl groups is 1. The lowest BCUT2D eigenvalue weighted by molar-refractivity contribution is -0.134. The van der Waals surface area contributed by atoms with Gasteiger partial charge in [0.25, 0.3) is 10.0 Å². The van der Waals surface area contributed by atoms with Crippen molar-refractivity contribution in [2.75, 3.05) is 37.7 Å². The molecule has 0 radical (unpaired) electrons. The molecular weight excluding hydrogens is 510 g/mol. The first-order chi connectivity index (χ1) is 16.7. The van der Waals surface area contributed by atoms with Gasteiger partial charge in [-0.2, -0.15) is 4.31 Å². The second-order valence-corrected chi connectivity index (χ2v) is 13.0. The van der Waals surface area contributed by atoms with E-state index in [1.54, 1.807) is 24.9 Å². The number of benzene rings is 1. The summed E-state index contributed by atoms with van der Waals surface area (Å²) in [5.74, 6) is -0.231. The summed E-state index contributed by atoms with van der Waals surface area (Å²) in [5, 5.41) is 9.65. The van der Waals surface area contributed by atoms with Crippen LogP contribution in [0.15, 0.2) is 35.7 Å². The third-order valence-electron chi connectivity index (χ3n) is 6.01. The van der Waals surface area contributed by atoms with Crippen molar-refractivity contribution in [3.05, 3.63) is 36.3 Å². The van der Waals surface area contributed by atoms with Crippen molar-refractivity contribution < 1.29 is 31.5 Å². The number of aryl methyl sites for hydroxylation is 1. The van der Waals surface area contributed by atoms with E-state index < -0.39 is 32.2 Å². The Hall–Kier alpha value is -2.68. The lowest BCUT2D eigenvalue weighted by Crippen LogP contribution is -2.48. The number of amides is 1. The number of carbonyl (C=O) groups excluding carboxylic acids is 1. The number of aromatic nitrogens is 2. The van der Waals surface area contributed by atoms with Gasteiger partial charge in [-0.05, 0) is 25.1 Å². The van der Waals surface area contributed by atoms with Gasteiger partial charge in [-0.3, -0.25) is 9.52 Å². The van der Waals surface area contributed by atoms with Crippen LogP contribution in [0.3, 0.4) is 0 Å². The first-order valence-corrected chi connectivity index (χ1v) is 14.7. The van der Waals surface area contributed by atoms with Gasteiger partial charge in [0.2, 0.25) is 15.9 Å². The maximum atomic E-state index is 13.2. The number of hydrogen-bond acceptors (Lipinski definition) is 8. The molecule has 2 aromatic rings. The normalized spacial score (nSPS) is 20.2. The quantitative estimate of drug-likeness (QED) is 0.481. The van der Waals surface area contributed by atoms with Gasteiger partial charge in [0, 0.05) is 44.0 Å². The highest BCUT2D eigenvalue weighted by Gasteiger charge is 2.34. The Morgan fingerprint density at radius 1 is 1.31 bits per heavy atom. The van der Waals surface area contributed by atoms with Gasteiger partial charge in [-0.15, -0.1) is 0 Å². The highest BCUT2D eigenvalue weighted by molar-refractivity contribution is 7.92. The summed E-state index contributed by atoms with van der Waals surface area (Å²) in [6.45, 7) is 3.52. The molecule has 14 heteroatoms. The second-order valence-electron chi connectivity index (χ2n) is 9.25. The minimum Gasteiger partial charge on any atom is -0.488 e. The van der Waals surface area contributed by atoms with Crippen molar-refractivity contribution >= 4 is 31.6 Å². The summed E-state index contributed by atoms with van der Waals surface area (Å²) < 4.78 is 60.9. The fourth-order valence-electron chi connectivity index (χ4n) is 3.96. The zero-order valence-corrected chi connectivity index (χ0v) is 22.6. The van der Waals surface area contributed by atoms with E-state index in [1.165, 1.54) is 36.3 Å². The van der Waals surface area contributed by atoms with E-state index in [0.29, 0.717) is 11.3 Å². The number of imidazole rings is 1. The van der Waals surface area contributed by atoms with Crippen LogP contribution in [0.4, 0.5) is 5.69 Å². The number of hydrogen-bond donors (Lipinski definition) is 2. The molecule has 0 unspecified atom stereocenters. The average molecular weight is 544 g/mol. The predicted molar refractivity (Wildman–Crippen MR) is 133 cm³/mol. The minimum atomic E-state index is -3.90. The van der Waals surface area contributed by atoms with E-state index in [9.17, 15) is 26.7 Å². The minimum absolute atomic E-state index is 0.0294. The van der Waals surface area contributed by atoms with Crippen LogP contribution >= 0.6 is 0 Å². The Kier molecular flexibility index (Phi) is 8.33. The molecule has 1 aromatic heterocycles. The molecule has 12 nitrogen and oxygen atoms in total. The van der Waals surface area contributed by atoms with E-state index in [4.69, 9.17) is 4.74 Å². The molecule has 1 aliphatic heterocycles. The van der Waals surface area contributed by atoms with Gasteiger partial charge >= 0.3 is 0 Å². The maximum absolute atomic E-state index is 13.2. The number of fused-ring (bicyclic) bond motifs is 1. The molecule has 0 spiro atoms. The summed E-state index contributed by atoms with van der Waals surface area (Å²) in [5.41, 5.74) is 0.714. The van der Waals surface area contributed by atoms with Crippen LogP contribution in [0.25, 0.3) is 0 Å². The van der Waals surface area contributed by atoms with Crippen LogP contribution in [-0.2, 0) is 38.3 Å². The first kappa shape index (κ1) is 27.9. The molecule has 0 aliphatic carbocycles. The van der Waals surface area contributed by atoms with Gasteiger partial charge in [0.15, 0.2) is 5.03 Å². The summed E-state index contributed by atoms with van der Waals surface area (Å²) in [6, 6.07) is 4.13. The zero-order valence-electron chi connectivity index (χ0n) is 20.9. The summed E-state index contributed by atoms with van der Waals surface area (Å²) >= 11 is 0. The van der Waals surface area contributed by atoms with Crippen LogP contribution in [0.5, 0.6) is 5.75 Å². The average Bonchev–Trinajstić information content (AvgIpc) is 3.24. The van der Waals surface area contributed by atoms with Crippen molar-refractivity contribution in [2.45, 2.75) is 37.4 Å². The molecule has 1 amide bonds. The molecule has 0 fully saturated rings. The lowest BCUT2D eigenvalue weighted by Gasteiger charge is -2.33. The number of anilines is 1. The fraction of sp³-hybridized carbons (Fsp3) is 0.545. The number of carbonyl (C=O) groups is 1. The van der Waals surface area contributed by atoms with Gasteiger partial charge < -0.3 is 19.3 Å². The molecule has 0 saturated heterocycles. The van der Waals surface area contributed by atoms with Gasteiger partial charge in [0.1, 0.15) is 11.9 Å². The summed E-state index contributed by atoms with van der Waals surface area (Å²) in [7, 11) is -4.33. The Bertz CT molecular complexity index is 1310. The highest BCUT2D eigenvalue weighted by atomic mass is 32.2. The van der Waals surface area contributed by atoms with E-state index >= 15 is 0 Å². The highest BCUT2D eigenvalue weighted by Crippen LogP contribution is 2.30. The number of likely N-dealkylation sites (N-methyl/N-ethyl adjacent to an activating group) is 1. The molecule has 0 saturated carbocycles. The summed E-state index contributed by atoms with van der Waals surface area (Å²) in [6.07, 6.45) is 3.09. The van der Waals surface area contributed by atoms with Crippen molar-refractivity contribution in [3.63, 3.8) is 0 Å². The van der Waals surface area contributed by atoms with Gasteiger partial charge in [-0.1, -0.05) is 6.92 Å². The Morgan fingerprint density at radius 2 is 2.00 bits per heavy atom. The number of nitrogens with zero attached hydrogens (tertiary/aromatic N) is 4. The first-order valence-electron chi connectivity index (χ1n) is 11.3. The number of nitrogens with one attached hydrogen (secondary N) is 1. The molecule has 2 N–H and O–H groups in total. The Balaban J connectivity index is 1.99. The van der Waals surface area contributed by atoms with Crippen molar-refractivity contribution in [3.8, 4) is 5.75 Å². The molecule has 200 valence electrons. The second kappa shape index (κ2) is 10.7. The Labute approximate surface area is 212 Å². The standard InChI is InChI=1S/C22H33N5O7S2/c1-15-10-27(16(2)13-28)22(29)9-17-8-18(24-35(5,30)31)6-7-19(17)34-20(15)11-26(4)36(32,33)21-12-25(3)14-23-21/h6-8,12,14-16,20,24,28H,9-11,13H2,1-5H3/t15-,16+,20-/m1/s1. The Morgan fingerprint density at radius 3 is 2.58 bits per heavy atom. The van der Waals surface area contributed by atoms with Crippen LogP contribution in [0, 0.1) is 5.92 Å². The van der Waals surface area contributed by atoms with Crippen molar-refractivity contribution in [2.24, 2.45) is 13.0 Å². The maximum Gasteiger partial charge on any atom is 0.261 e. The molecule has 1 aromatic carbocycles. The third kappa shape index (κ3) is 6.55. The monoisotopic (exact) mass is 543 g/mol.